The summed E-state index contributed by atoms with van der Waals surface area (Å²) in [6.07, 6.45) is 3.10. The Morgan fingerprint density at radius 3 is 2.71 bits per heavy atom. The van der Waals surface area contributed by atoms with Crippen molar-refractivity contribution in [2.45, 2.75) is 20.1 Å². The molecule has 4 aromatic rings. The molecule has 140 valence electrons. The normalized spacial score (nSPS) is 10.9. The van der Waals surface area contributed by atoms with E-state index in [2.05, 4.69) is 15.1 Å². The van der Waals surface area contributed by atoms with Crippen LogP contribution in [0.2, 0.25) is 0 Å². The minimum atomic E-state index is -0.474. The van der Waals surface area contributed by atoms with Gasteiger partial charge in [-0.2, -0.15) is 5.10 Å². The Bertz CT molecular complexity index is 1180. The van der Waals surface area contributed by atoms with E-state index in [-0.39, 0.29) is 12.2 Å². The van der Waals surface area contributed by atoms with E-state index in [0.717, 1.165) is 11.3 Å². The number of aromatic nitrogens is 5. The Balaban J connectivity index is 1.44. The van der Waals surface area contributed by atoms with Crippen LogP contribution in [0.5, 0.6) is 0 Å². The predicted molar refractivity (Wildman–Crippen MR) is 101 cm³/mol. The second kappa shape index (κ2) is 7.43. The smallest absolute Gasteiger partial charge is 0.338 e. The number of pyridine rings is 1. The molecule has 28 heavy (non-hydrogen) atoms. The molecule has 1 aromatic carbocycles. The first-order valence-corrected chi connectivity index (χ1v) is 8.67. The van der Waals surface area contributed by atoms with Crippen LogP contribution in [0.4, 0.5) is 0 Å². The number of hydrogen-bond acceptors (Lipinski definition) is 6. The number of carbonyl (C=O) groups excluding carboxylic acids is 1. The molecular formula is C20H17N5O3. The van der Waals surface area contributed by atoms with E-state index < -0.39 is 5.97 Å². The van der Waals surface area contributed by atoms with Gasteiger partial charge in [-0.15, -0.1) is 0 Å². The molecule has 0 spiro atoms. The predicted octanol–water partition coefficient (Wildman–Crippen LogP) is 2.00. The summed E-state index contributed by atoms with van der Waals surface area (Å²) in [4.78, 5) is 32.8. The lowest BCUT2D eigenvalue weighted by Crippen LogP contribution is -2.18. The van der Waals surface area contributed by atoms with Gasteiger partial charge in [-0.25, -0.2) is 19.4 Å². The summed E-state index contributed by atoms with van der Waals surface area (Å²) >= 11 is 0. The minimum absolute atomic E-state index is 0.0702. The number of ether oxygens (including phenoxy) is 1. The number of carbonyl (C=O) groups is 1. The molecule has 0 saturated carbocycles. The zero-order valence-electron chi connectivity index (χ0n) is 15.1. The summed E-state index contributed by atoms with van der Waals surface area (Å²) in [6.45, 7) is 2.33. The van der Waals surface area contributed by atoms with Crippen molar-refractivity contribution in [2.24, 2.45) is 0 Å². The molecule has 0 saturated heterocycles. The van der Waals surface area contributed by atoms with Gasteiger partial charge in [0.2, 0.25) is 0 Å². The molecule has 0 aliphatic carbocycles. The van der Waals surface area contributed by atoms with E-state index in [4.69, 9.17) is 4.74 Å². The summed E-state index contributed by atoms with van der Waals surface area (Å²) in [5, 5.41) is 4.05. The molecule has 3 aromatic heterocycles. The van der Waals surface area contributed by atoms with Crippen LogP contribution in [0.15, 0.2) is 66.0 Å². The minimum Gasteiger partial charge on any atom is -0.456 e. The van der Waals surface area contributed by atoms with E-state index in [9.17, 15) is 9.59 Å². The van der Waals surface area contributed by atoms with E-state index in [1.165, 1.54) is 16.8 Å². The van der Waals surface area contributed by atoms with Gasteiger partial charge in [0.1, 0.15) is 24.9 Å². The summed E-state index contributed by atoms with van der Waals surface area (Å²) < 4.78 is 8.52. The Morgan fingerprint density at radius 2 is 1.96 bits per heavy atom. The maximum Gasteiger partial charge on any atom is 0.338 e. The fourth-order valence-corrected chi connectivity index (χ4v) is 2.91. The molecule has 0 bridgehead atoms. The molecule has 4 rings (SSSR count). The lowest BCUT2D eigenvalue weighted by molar-refractivity contribution is 0.0467. The second-order valence-electron chi connectivity index (χ2n) is 6.31. The van der Waals surface area contributed by atoms with E-state index in [1.54, 1.807) is 29.2 Å². The maximum atomic E-state index is 12.3. The SMILES string of the molecule is Cc1cccc2nc(COC(=O)c3ccc(Cn4cncn4)cc3)cc(=O)n12. The molecule has 8 nitrogen and oxygen atoms in total. The quantitative estimate of drug-likeness (QED) is 0.496. The molecule has 3 heterocycles. The van der Waals surface area contributed by atoms with E-state index in [1.807, 2.05) is 31.2 Å². The fourth-order valence-electron chi connectivity index (χ4n) is 2.91. The van der Waals surface area contributed by atoms with Crippen molar-refractivity contribution in [2.75, 3.05) is 0 Å². The average molecular weight is 375 g/mol. The highest BCUT2D eigenvalue weighted by Crippen LogP contribution is 2.09. The van der Waals surface area contributed by atoms with Gasteiger partial charge in [-0.1, -0.05) is 18.2 Å². The Labute approximate surface area is 160 Å². The van der Waals surface area contributed by atoms with E-state index >= 15 is 0 Å². The molecule has 0 atom stereocenters. The first-order valence-electron chi connectivity index (χ1n) is 8.67. The lowest BCUT2D eigenvalue weighted by atomic mass is 10.1. The van der Waals surface area contributed by atoms with Gasteiger partial charge in [0, 0.05) is 11.8 Å². The van der Waals surface area contributed by atoms with Gasteiger partial charge in [0.15, 0.2) is 0 Å². The summed E-state index contributed by atoms with van der Waals surface area (Å²) in [7, 11) is 0. The van der Waals surface area contributed by atoms with Gasteiger partial charge in [-0.05, 0) is 36.8 Å². The topological polar surface area (TPSA) is 91.4 Å². The maximum absolute atomic E-state index is 12.3. The van der Waals surface area contributed by atoms with Crippen LogP contribution in [0.3, 0.4) is 0 Å². The first kappa shape index (κ1) is 17.6. The van der Waals surface area contributed by atoms with Crippen molar-refractivity contribution in [1.29, 1.82) is 0 Å². The van der Waals surface area contributed by atoms with Crippen LogP contribution >= 0.6 is 0 Å². The van der Waals surface area contributed by atoms with Crippen molar-refractivity contribution in [1.82, 2.24) is 24.1 Å². The third-order valence-corrected chi connectivity index (χ3v) is 4.29. The number of rotatable bonds is 5. The molecule has 0 aliphatic heterocycles. The zero-order chi connectivity index (χ0) is 19.5. The molecule has 0 N–H and O–H groups in total. The van der Waals surface area contributed by atoms with Crippen molar-refractivity contribution >= 4 is 11.6 Å². The van der Waals surface area contributed by atoms with Gasteiger partial charge in [-0.3, -0.25) is 9.20 Å². The summed E-state index contributed by atoms with van der Waals surface area (Å²) in [5.74, 6) is -0.474. The Hall–Kier alpha value is -3.81. The van der Waals surface area contributed by atoms with Crippen molar-refractivity contribution < 1.29 is 9.53 Å². The summed E-state index contributed by atoms with van der Waals surface area (Å²) in [6, 6.07) is 13.9. The highest BCUT2D eigenvalue weighted by Gasteiger charge is 2.10. The Kier molecular flexibility index (Phi) is 4.67. The monoisotopic (exact) mass is 375 g/mol. The molecule has 0 amide bonds. The van der Waals surface area contributed by atoms with Crippen LogP contribution in [0.25, 0.3) is 5.65 Å². The number of nitrogens with zero attached hydrogens (tertiary/aromatic N) is 5. The average Bonchev–Trinajstić information content (AvgIpc) is 3.19. The highest BCUT2D eigenvalue weighted by atomic mass is 16.5. The van der Waals surface area contributed by atoms with Gasteiger partial charge >= 0.3 is 5.97 Å². The fraction of sp³-hybridized carbons (Fsp3) is 0.150. The zero-order valence-corrected chi connectivity index (χ0v) is 15.1. The molecule has 8 heteroatoms. The first-order chi connectivity index (χ1) is 13.6. The van der Waals surface area contributed by atoms with Gasteiger partial charge in [0.05, 0.1) is 17.8 Å². The highest BCUT2D eigenvalue weighted by molar-refractivity contribution is 5.89. The third kappa shape index (κ3) is 3.66. The number of hydrogen-bond donors (Lipinski definition) is 0. The largest absolute Gasteiger partial charge is 0.456 e. The van der Waals surface area contributed by atoms with Crippen LogP contribution in [0, 0.1) is 6.92 Å². The molecule has 0 radical (unpaired) electrons. The van der Waals surface area contributed by atoms with Crippen LogP contribution in [0.1, 0.15) is 27.3 Å². The van der Waals surface area contributed by atoms with Gasteiger partial charge < -0.3 is 4.74 Å². The lowest BCUT2D eigenvalue weighted by Gasteiger charge is -2.08. The van der Waals surface area contributed by atoms with E-state index in [0.29, 0.717) is 23.4 Å². The van der Waals surface area contributed by atoms with Gasteiger partial charge in [0.25, 0.3) is 5.56 Å². The number of aryl methyl sites for hydroxylation is 1. The van der Waals surface area contributed by atoms with Crippen LogP contribution in [-0.4, -0.2) is 30.1 Å². The molecule has 0 unspecified atom stereocenters. The number of esters is 1. The van der Waals surface area contributed by atoms with Crippen molar-refractivity contribution in [3.63, 3.8) is 0 Å². The number of benzene rings is 1. The number of fused-ring (bicyclic) bond motifs is 1. The van der Waals surface area contributed by atoms with Crippen molar-refractivity contribution in [3.05, 3.63) is 94.1 Å². The standard InChI is InChI=1S/C20H17N5O3/c1-14-3-2-4-18-23-17(9-19(26)25(14)18)11-28-20(27)16-7-5-15(6-8-16)10-24-13-21-12-22-24/h2-9,12-13H,10-11H2,1H3. The van der Waals surface area contributed by atoms with Crippen LogP contribution < -0.4 is 5.56 Å². The van der Waals surface area contributed by atoms with Crippen LogP contribution in [-0.2, 0) is 17.9 Å². The Morgan fingerprint density at radius 1 is 1.14 bits per heavy atom. The third-order valence-electron chi connectivity index (χ3n) is 4.29. The molecular weight excluding hydrogens is 358 g/mol. The molecule has 0 aliphatic rings. The summed E-state index contributed by atoms with van der Waals surface area (Å²) in [5.41, 5.74) is 2.94. The van der Waals surface area contributed by atoms with Crippen molar-refractivity contribution in [3.8, 4) is 0 Å². The molecule has 0 fully saturated rings. The second-order valence-corrected chi connectivity index (χ2v) is 6.31.